The first-order chi connectivity index (χ1) is 17.0. The molecule has 0 spiro atoms. The molecule has 2 fully saturated rings. The van der Waals surface area contributed by atoms with Crippen LogP contribution in [0.5, 0.6) is 5.75 Å². The van der Waals surface area contributed by atoms with Crippen molar-refractivity contribution >= 4 is 11.9 Å². The van der Waals surface area contributed by atoms with Gasteiger partial charge in [0.25, 0.3) is 0 Å². The van der Waals surface area contributed by atoms with Crippen molar-refractivity contribution in [2.45, 2.75) is 50.3 Å². The molecule has 0 aliphatic carbocycles. The first-order valence-electron chi connectivity index (χ1n) is 11.4. The zero-order chi connectivity index (χ0) is 24.8. The molecular weight excluding hydrogens is 454 g/mol. The van der Waals surface area contributed by atoms with Crippen molar-refractivity contribution in [1.29, 1.82) is 0 Å². The van der Waals surface area contributed by atoms with E-state index in [1.54, 1.807) is 12.1 Å². The van der Waals surface area contributed by atoms with E-state index >= 15 is 0 Å². The van der Waals surface area contributed by atoms with Gasteiger partial charge in [0.15, 0.2) is 6.29 Å². The zero-order valence-corrected chi connectivity index (χ0v) is 19.4. The van der Waals surface area contributed by atoms with E-state index in [-0.39, 0.29) is 12.5 Å². The summed E-state index contributed by atoms with van der Waals surface area (Å²) in [5, 5.41) is 12.1. The van der Waals surface area contributed by atoms with E-state index in [4.69, 9.17) is 23.7 Å². The van der Waals surface area contributed by atoms with E-state index < -0.39 is 49.5 Å². The van der Waals surface area contributed by atoms with Crippen LogP contribution in [0.25, 0.3) is 0 Å². The monoisotopic (exact) mass is 483 g/mol. The van der Waals surface area contributed by atoms with Gasteiger partial charge in [0.2, 0.25) is 12.2 Å². The molecule has 0 saturated carbocycles. The average molecular weight is 484 g/mol. The average Bonchev–Trinajstić information content (AvgIpc) is 2.85. The first kappa shape index (κ1) is 24.9. The van der Waals surface area contributed by atoms with E-state index in [9.17, 15) is 14.7 Å². The first-order valence-corrected chi connectivity index (χ1v) is 11.4. The molecule has 2 N–H and O–H groups in total. The summed E-state index contributed by atoms with van der Waals surface area (Å²) in [6, 6.07) is 15.9. The molecule has 2 aliphatic rings. The Morgan fingerprint density at radius 2 is 1.89 bits per heavy atom. The summed E-state index contributed by atoms with van der Waals surface area (Å²) in [4.78, 5) is 23.5. The van der Waals surface area contributed by atoms with Gasteiger partial charge in [-0.3, -0.25) is 4.79 Å². The Morgan fingerprint density at radius 1 is 1.14 bits per heavy atom. The molecular formula is C26H29NO8. The van der Waals surface area contributed by atoms with Gasteiger partial charge in [0.05, 0.1) is 6.61 Å². The number of carbonyl (C=O) groups excluding carboxylic acids is 1. The van der Waals surface area contributed by atoms with Crippen LogP contribution in [0.2, 0.25) is 0 Å². The predicted molar refractivity (Wildman–Crippen MR) is 125 cm³/mol. The highest BCUT2D eigenvalue weighted by molar-refractivity contribution is 5.73. The molecule has 0 radical (unpaired) electrons. The lowest BCUT2D eigenvalue weighted by Crippen LogP contribution is -2.68. The van der Waals surface area contributed by atoms with Crippen molar-refractivity contribution in [1.82, 2.24) is 5.32 Å². The summed E-state index contributed by atoms with van der Waals surface area (Å²) in [5.74, 6) is -0.932. The minimum absolute atomic E-state index is 0.165. The van der Waals surface area contributed by atoms with Gasteiger partial charge < -0.3 is 34.1 Å². The topological polar surface area (TPSA) is 113 Å². The summed E-state index contributed by atoms with van der Waals surface area (Å²) in [6.07, 6.45) is -1.55. The predicted octanol–water partition coefficient (Wildman–Crippen LogP) is 2.61. The minimum Gasteiger partial charge on any atom is -0.480 e. The van der Waals surface area contributed by atoms with E-state index in [0.717, 1.165) is 11.1 Å². The van der Waals surface area contributed by atoms with Crippen LogP contribution < -0.4 is 10.1 Å². The van der Waals surface area contributed by atoms with E-state index in [1.807, 2.05) is 48.5 Å². The third-order valence-corrected chi connectivity index (χ3v) is 5.76. The second-order valence-corrected chi connectivity index (χ2v) is 8.33. The SMILES string of the molecule is C=CCc1ccccc1OC1OC2COC(c3ccccc3)OC2C(OCC(=O)O)C1NC(C)=O. The number of amides is 1. The molecule has 35 heavy (non-hydrogen) atoms. The number of carboxylic acid groups (broad SMARTS) is 1. The lowest BCUT2D eigenvalue weighted by atomic mass is 9.95. The van der Waals surface area contributed by atoms with Crippen molar-refractivity contribution < 1.29 is 38.4 Å². The van der Waals surface area contributed by atoms with Crippen LogP contribution in [0.4, 0.5) is 0 Å². The second-order valence-electron chi connectivity index (χ2n) is 8.33. The minimum atomic E-state index is -1.14. The van der Waals surface area contributed by atoms with Crippen molar-refractivity contribution in [2.24, 2.45) is 0 Å². The number of para-hydroxylation sites is 1. The summed E-state index contributed by atoms with van der Waals surface area (Å²) >= 11 is 0. The van der Waals surface area contributed by atoms with E-state index in [1.165, 1.54) is 6.92 Å². The van der Waals surface area contributed by atoms with Gasteiger partial charge >= 0.3 is 5.97 Å². The van der Waals surface area contributed by atoms with Crippen molar-refractivity contribution in [3.05, 3.63) is 78.4 Å². The third kappa shape index (κ3) is 6.07. The maximum atomic E-state index is 12.1. The van der Waals surface area contributed by atoms with Crippen LogP contribution in [0.15, 0.2) is 67.3 Å². The Kier molecular flexibility index (Phi) is 8.14. The highest BCUT2D eigenvalue weighted by atomic mass is 16.8. The van der Waals surface area contributed by atoms with Crippen LogP contribution in [-0.2, 0) is 35.0 Å². The lowest BCUT2D eigenvalue weighted by molar-refractivity contribution is -0.337. The Labute approximate surface area is 203 Å². The molecule has 2 heterocycles. The number of fused-ring (bicyclic) bond motifs is 1. The summed E-state index contributed by atoms with van der Waals surface area (Å²) in [6.45, 7) is 4.73. The number of nitrogens with one attached hydrogen (secondary N) is 1. The zero-order valence-electron chi connectivity index (χ0n) is 19.4. The molecule has 1 amide bonds. The van der Waals surface area contributed by atoms with E-state index in [2.05, 4.69) is 11.9 Å². The molecule has 2 saturated heterocycles. The van der Waals surface area contributed by atoms with Crippen LogP contribution in [-0.4, -0.2) is 60.8 Å². The van der Waals surface area contributed by atoms with E-state index in [0.29, 0.717) is 12.2 Å². The number of carbonyl (C=O) groups is 2. The largest absolute Gasteiger partial charge is 0.480 e. The fourth-order valence-electron chi connectivity index (χ4n) is 4.27. The van der Waals surface area contributed by atoms with Crippen molar-refractivity contribution in [3.63, 3.8) is 0 Å². The smallest absolute Gasteiger partial charge is 0.329 e. The van der Waals surface area contributed by atoms with Crippen molar-refractivity contribution in [2.75, 3.05) is 13.2 Å². The normalized spacial score (nSPS) is 27.9. The van der Waals surface area contributed by atoms with Gasteiger partial charge in [-0.25, -0.2) is 4.79 Å². The Balaban J connectivity index is 1.64. The lowest BCUT2D eigenvalue weighted by Gasteiger charge is -2.49. The molecule has 0 bridgehead atoms. The fourth-order valence-corrected chi connectivity index (χ4v) is 4.27. The molecule has 2 aromatic carbocycles. The van der Waals surface area contributed by atoms with Crippen LogP contribution in [0.1, 0.15) is 24.3 Å². The third-order valence-electron chi connectivity index (χ3n) is 5.76. The molecule has 6 unspecified atom stereocenters. The Hall–Kier alpha value is -3.24. The maximum Gasteiger partial charge on any atom is 0.329 e. The second kappa shape index (κ2) is 11.5. The fraction of sp³-hybridized carbons (Fsp3) is 0.385. The summed E-state index contributed by atoms with van der Waals surface area (Å²) < 4.78 is 30.4. The van der Waals surface area contributed by atoms with Gasteiger partial charge in [0, 0.05) is 12.5 Å². The van der Waals surface area contributed by atoms with Gasteiger partial charge in [-0.1, -0.05) is 54.6 Å². The molecule has 9 heteroatoms. The molecule has 2 aliphatic heterocycles. The number of hydrogen-bond acceptors (Lipinski definition) is 7. The number of benzene rings is 2. The van der Waals surface area contributed by atoms with Crippen molar-refractivity contribution in [3.8, 4) is 5.75 Å². The Bertz CT molecular complexity index is 1030. The van der Waals surface area contributed by atoms with Gasteiger partial charge in [-0.05, 0) is 18.1 Å². The maximum absolute atomic E-state index is 12.1. The number of hydrogen-bond donors (Lipinski definition) is 2. The number of aliphatic carboxylic acids is 1. The number of rotatable bonds is 9. The molecule has 6 atom stereocenters. The summed E-state index contributed by atoms with van der Waals surface area (Å²) in [5.41, 5.74) is 1.69. The molecule has 0 aromatic heterocycles. The van der Waals surface area contributed by atoms with Crippen LogP contribution in [0.3, 0.4) is 0 Å². The molecule has 2 aromatic rings. The van der Waals surface area contributed by atoms with Crippen LogP contribution in [0, 0.1) is 0 Å². The molecule has 4 rings (SSSR count). The standard InChI is InChI=1S/C26H29NO8/c1-3-9-17-10-7-8-13-19(17)33-26-22(27-16(2)28)24(31-15-21(29)30)23-20(34-26)14-32-25(35-23)18-11-5-4-6-12-18/h3-8,10-13,20,22-26H,1,9,14-15H2,2H3,(H,27,28)(H,29,30). The van der Waals surface area contributed by atoms with Gasteiger partial charge in [-0.15, -0.1) is 6.58 Å². The molecule has 186 valence electrons. The number of ether oxygens (including phenoxy) is 5. The quantitative estimate of drug-likeness (QED) is 0.524. The van der Waals surface area contributed by atoms with Crippen LogP contribution >= 0.6 is 0 Å². The van der Waals surface area contributed by atoms with Gasteiger partial charge in [-0.2, -0.15) is 0 Å². The number of allylic oxidation sites excluding steroid dienone is 1. The highest BCUT2D eigenvalue weighted by Crippen LogP contribution is 2.36. The Morgan fingerprint density at radius 3 is 2.60 bits per heavy atom. The summed E-state index contributed by atoms with van der Waals surface area (Å²) in [7, 11) is 0. The number of carboxylic acids is 1. The molecule has 9 nitrogen and oxygen atoms in total. The highest BCUT2D eigenvalue weighted by Gasteiger charge is 2.52. The van der Waals surface area contributed by atoms with Gasteiger partial charge in [0.1, 0.15) is 36.7 Å².